The van der Waals surface area contributed by atoms with E-state index in [1.54, 1.807) is 10.8 Å². The van der Waals surface area contributed by atoms with E-state index >= 15 is 0 Å². The predicted octanol–water partition coefficient (Wildman–Crippen LogP) is 0.334. The zero-order chi connectivity index (χ0) is 9.59. The molecule has 5 nitrogen and oxygen atoms in total. The van der Waals surface area contributed by atoms with Crippen molar-refractivity contribution in [2.24, 2.45) is 7.05 Å². The smallest absolute Gasteiger partial charge is 0.271 e. The van der Waals surface area contributed by atoms with E-state index in [1.807, 2.05) is 7.05 Å². The Balaban J connectivity index is 2.98. The minimum Gasteiger partial charge on any atom is -0.371 e. The molecule has 0 radical (unpaired) electrons. The molecule has 0 aliphatic rings. The first-order valence-electron chi connectivity index (χ1n) is 3.61. The van der Waals surface area contributed by atoms with Gasteiger partial charge in [-0.15, -0.1) is 0 Å². The first kappa shape index (κ1) is 8.12. The number of nitrogens with two attached hydrogens (primary N) is 1. The third kappa shape index (κ3) is 1.01. The fourth-order valence-corrected chi connectivity index (χ4v) is 1.59. The van der Waals surface area contributed by atoms with Crippen LogP contribution in [-0.4, -0.2) is 14.8 Å². The average molecular weight is 200 g/mol. The van der Waals surface area contributed by atoms with Gasteiger partial charge in [0.1, 0.15) is 5.39 Å². The van der Waals surface area contributed by atoms with Gasteiger partial charge in [0.25, 0.3) is 12.1 Å². The van der Waals surface area contributed by atoms with E-state index in [2.05, 4.69) is 4.98 Å². The number of halogens is 1. The van der Waals surface area contributed by atoms with Gasteiger partial charge in [-0.25, -0.2) is 0 Å². The van der Waals surface area contributed by atoms with Gasteiger partial charge in [-0.1, -0.05) is 21.3 Å². The van der Waals surface area contributed by atoms with Crippen molar-refractivity contribution in [1.29, 1.82) is 0 Å². The second kappa shape index (κ2) is 2.50. The summed E-state index contributed by atoms with van der Waals surface area (Å²) in [4.78, 5) is 3.97. The summed E-state index contributed by atoms with van der Waals surface area (Å²) >= 11 is 5.89. The molecule has 0 aliphatic carbocycles. The number of rotatable bonds is 0. The molecule has 0 fully saturated rings. The number of anilines is 1. The minimum absolute atomic E-state index is 0.190. The first-order valence-corrected chi connectivity index (χ1v) is 3.99. The summed E-state index contributed by atoms with van der Waals surface area (Å²) in [6, 6.07) is 0. The normalized spacial score (nSPS) is 10.9. The molecular formula is C7H8ClN4O+. The highest BCUT2D eigenvalue weighted by Gasteiger charge is 2.17. The Kier molecular flexibility index (Phi) is 1.56. The minimum atomic E-state index is 0.190. The van der Waals surface area contributed by atoms with Gasteiger partial charge in [-0.05, 0) is 0 Å². The van der Waals surface area contributed by atoms with Crippen LogP contribution in [0.25, 0.3) is 11.0 Å². The zero-order valence-electron chi connectivity index (χ0n) is 6.90. The van der Waals surface area contributed by atoms with Crippen molar-refractivity contribution in [3.8, 4) is 0 Å². The maximum absolute atomic E-state index is 9.21. The van der Waals surface area contributed by atoms with Crippen molar-refractivity contribution in [2.45, 2.75) is 0 Å². The molecule has 0 unspecified atom stereocenters. The van der Waals surface area contributed by atoms with Crippen molar-refractivity contribution in [3.05, 3.63) is 17.5 Å². The van der Waals surface area contributed by atoms with Gasteiger partial charge in [-0.2, -0.15) is 0 Å². The Hall–Kier alpha value is -1.49. The number of hydrogen-bond acceptors (Lipinski definition) is 3. The van der Waals surface area contributed by atoms with Gasteiger partial charge in [0.15, 0.2) is 0 Å². The summed E-state index contributed by atoms with van der Waals surface area (Å²) in [5.41, 5.74) is 6.25. The molecular weight excluding hydrogens is 192 g/mol. The summed E-state index contributed by atoms with van der Waals surface area (Å²) < 4.78 is 2.49. The Bertz CT molecular complexity index is 479. The second-order valence-electron chi connectivity index (χ2n) is 2.76. The second-order valence-corrected chi connectivity index (χ2v) is 3.17. The molecule has 0 aromatic carbocycles. The summed E-state index contributed by atoms with van der Waals surface area (Å²) in [5, 5.41) is 10.3. The van der Waals surface area contributed by atoms with E-state index in [1.165, 1.54) is 6.33 Å². The van der Waals surface area contributed by atoms with Crippen LogP contribution in [0, 0.1) is 0 Å². The molecule has 0 amide bonds. The molecule has 2 aromatic heterocycles. The number of aromatic nitrogens is 3. The van der Waals surface area contributed by atoms with Crippen LogP contribution in [0.5, 0.6) is 0 Å². The lowest BCUT2D eigenvalue weighted by molar-refractivity contribution is -0.894. The van der Waals surface area contributed by atoms with E-state index in [-0.39, 0.29) is 5.82 Å². The number of aryl methyl sites for hydroxylation is 1. The van der Waals surface area contributed by atoms with Crippen LogP contribution in [0.15, 0.2) is 12.5 Å². The van der Waals surface area contributed by atoms with E-state index < -0.39 is 0 Å². The molecule has 0 bridgehead atoms. The van der Waals surface area contributed by atoms with Gasteiger partial charge in [-0.3, -0.25) is 0 Å². The fourth-order valence-electron chi connectivity index (χ4n) is 1.26. The molecule has 0 saturated carbocycles. The third-order valence-corrected chi connectivity index (χ3v) is 2.18. The highest BCUT2D eigenvalue weighted by atomic mass is 35.5. The number of hydrogen-bond donors (Lipinski definition) is 2. The van der Waals surface area contributed by atoms with Crippen molar-refractivity contribution in [1.82, 2.24) is 9.55 Å². The van der Waals surface area contributed by atoms with Crippen molar-refractivity contribution in [2.75, 3.05) is 5.73 Å². The summed E-state index contributed by atoms with van der Waals surface area (Å²) in [6.07, 6.45) is 2.92. The van der Waals surface area contributed by atoms with Gasteiger partial charge >= 0.3 is 0 Å². The largest absolute Gasteiger partial charge is 0.371 e. The van der Waals surface area contributed by atoms with Crippen LogP contribution in [-0.2, 0) is 7.05 Å². The molecule has 0 atom stereocenters. The molecule has 3 N–H and O–H groups in total. The highest BCUT2D eigenvalue weighted by molar-refractivity contribution is 6.36. The fraction of sp³-hybridized carbons (Fsp3) is 0.143. The van der Waals surface area contributed by atoms with E-state index in [9.17, 15) is 5.21 Å². The molecule has 68 valence electrons. The lowest BCUT2D eigenvalue weighted by atomic mass is 10.4. The summed E-state index contributed by atoms with van der Waals surface area (Å²) in [5.74, 6) is 0.190. The Morgan fingerprint density at radius 1 is 1.69 bits per heavy atom. The van der Waals surface area contributed by atoms with E-state index in [4.69, 9.17) is 17.3 Å². The van der Waals surface area contributed by atoms with Crippen LogP contribution < -0.4 is 10.5 Å². The Morgan fingerprint density at radius 3 is 3.08 bits per heavy atom. The summed E-state index contributed by atoms with van der Waals surface area (Å²) in [6.45, 7) is 0. The molecule has 2 rings (SSSR count). The summed E-state index contributed by atoms with van der Waals surface area (Å²) in [7, 11) is 1.81. The maximum atomic E-state index is 9.21. The van der Waals surface area contributed by atoms with Crippen LogP contribution >= 0.6 is 11.6 Å². The first-order chi connectivity index (χ1) is 6.11. The lowest BCUT2D eigenvalue weighted by Crippen LogP contribution is -2.34. The standard InChI is InChI=1S/C7H7ClN4O/c1-11-2-4(8)5-6(9)12(13)3-10-7(5)11/h2-3,9,13H,1H3/p+1. The molecule has 0 spiro atoms. The van der Waals surface area contributed by atoms with E-state index in [0.29, 0.717) is 16.1 Å². The predicted molar refractivity (Wildman–Crippen MR) is 47.5 cm³/mol. The SMILES string of the molecule is Cn1cc(Cl)c2c(N)[n+](O)cnc21. The molecule has 13 heavy (non-hydrogen) atoms. The number of nitrogen functional groups attached to an aromatic ring is 1. The van der Waals surface area contributed by atoms with Crippen molar-refractivity contribution < 1.29 is 9.94 Å². The van der Waals surface area contributed by atoms with Crippen LogP contribution in [0.4, 0.5) is 5.82 Å². The Morgan fingerprint density at radius 2 is 2.38 bits per heavy atom. The van der Waals surface area contributed by atoms with Crippen LogP contribution in [0.1, 0.15) is 0 Å². The number of nitrogens with zero attached hydrogens (tertiary/aromatic N) is 3. The molecule has 2 aromatic rings. The maximum Gasteiger partial charge on any atom is 0.271 e. The lowest BCUT2D eigenvalue weighted by Gasteiger charge is -1.94. The topological polar surface area (TPSA) is 68.0 Å². The number of fused-ring (bicyclic) bond motifs is 1. The van der Waals surface area contributed by atoms with Crippen LogP contribution in [0.2, 0.25) is 5.02 Å². The average Bonchev–Trinajstić information content (AvgIpc) is 2.35. The molecule has 2 heterocycles. The van der Waals surface area contributed by atoms with Gasteiger partial charge in [0.05, 0.1) is 5.02 Å². The highest BCUT2D eigenvalue weighted by Crippen LogP contribution is 2.25. The molecule has 0 aliphatic heterocycles. The van der Waals surface area contributed by atoms with Crippen molar-refractivity contribution in [3.63, 3.8) is 0 Å². The molecule has 6 heteroatoms. The Labute approximate surface area is 78.9 Å². The van der Waals surface area contributed by atoms with Gasteiger partial charge in [0, 0.05) is 13.2 Å². The zero-order valence-corrected chi connectivity index (χ0v) is 7.65. The van der Waals surface area contributed by atoms with Crippen LogP contribution in [0.3, 0.4) is 0 Å². The monoisotopic (exact) mass is 199 g/mol. The van der Waals surface area contributed by atoms with Crippen molar-refractivity contribution >= 4 is 28.5 Å². The molecule has 0 saturated heterocycles. The quantitative estimate of drug-likeness (QED) is 0.475. The van der Waals surface area contributed by atoms with E-state index in [0.717, 1.165) is 4.73 Å². The third-order valence-electron chi connectivity index (χ3n) is 1.90. The van der Waals surface area contributed by atoms with Gasteiger partial charge < -0.3 is 15.5 Å². The van der Waals surface area contributed by atoms with Gasteiger partial charge in [0.2, 0.25) is 5.65 Å².